The molecule has 0 bridgehead atoms. The quantitative estimate of drug-likeness (QED) is 0.693. The second kappa shape index (κ2) is 4.43. The lowest BCUT2D eigenvalue weighted by molar-refractivity contribution is 1.34. The number of thioether (sulfide) groups is 2. The van der Waals surface area contributed by atoms with Gasteiger partial charge < -0.3 is 0 Å². The third-order valence-electron chi connectivity index (χ3n) is 2.17. The molecule has 0 aliphatic heterocycles. The van der Waals surface area contributed by atoms with Crippen LogP contribution in [0.25, 0.3) is 0 Å². The summed E-state index contributed by atoms with van der Waals surface area (Å²) in [5, 5.41) is 0.972. The Bertz CT molecular complexity index is 262. The number of hydrogen-bond donors (Lipinski definition) is 0. The van der Waals surface area contributed by atoms with Gasteiger partial charge in [-0.25, -0.2) is 0 Å². The summed E-state index contributed by atoms with van der Waals surface area (Å²) in [6, 6.07) is 8.93. The normalized spacial score (nSPS) is 16.1. The molecule has 0 heterocycles. The van der Waals surface area contributed by atoms with Gasteiger partial charge in [0.1, 0.15) is 0 Å². The molecule has 0 spiro atoms. The van der Waals surface area contributed by atoms with Gasteiger partial charge in [0.25, 0.3) is 0 Å². The van der Waals surface area contributed by atoms with Crippen LogP contribution >= 0.6 is 23.5 Å². The lowest BCUT2D eigenvalue weighted by atomic mass is 10.2. The monoisotopic (exact) mass is 210 g/mol. The Morgan fingerprint density at radius 2 is 1.92 bits per heavy atom. The average Bonchev–Trinajstić information content (AvgIpc) is 2.99. The number of benzene rings is 1. The Hall–Kier alpha value is -0.0800. The SMILES string of the molecule is CSc1ccc(CSC2CC2)cc1. The first kappa shape index (κ1) is 9.47. The second-order valence-corrected chi connectivity index (χ2v) is 5.53. The highest BCUT2D eigenvalue weighted by molar-refractivity contribution is 7.99. The van der Waals surface area contributed by atoms with Crippen LogP contribution in [0.2, 0.25) is 0 Å². The van der Waals surface area contributed by atoms with Gasteiger partial charge in [0, 0.05) is 15.9 Å². The number of hydrogen-bond acceptors (Lipinski definition) is 2. The molecule has 1 saturated carbocycles. The zero-order chi connectivity index (χ0) is 9.10. The standard InChI is InChI=1S/C11H14S2/c1-12-10-4-2-9(3-5-10)8-13-11-6-7-11/h2-5,11H,6-8H2,1H3. The van der Waals surface area contributed by atoms with Gasteiger partial charge in [-0.2, -0.15) is 11.8 Å². The summed E-state index contributed by atoms with van der Waals surface area (Å²) in [7, 11) is 0. The largest absolute Gasteiger partial charge is 0.154 e. The Morgan fingerprint density at radius 1 is 1.23 bits per heavy atom. The minimum Gasteiger partial charge on any atom is -0.154 e. The van der Waals surface area contributed by atoms with Gasteiger partial charge in [-0.15, -0.1) is 11.8 Å². The fourth-order valence-electron chi connectivity index (χ4n) is 1.17. The first-order valence-electron chi connectivity index (χ1n) is 4.63. The molecule has 1 fully saturated rings. The van der Waals surface area contributed by atoms with Crippen molar-refractivity contribution < 1.29 is 0 Å². The van der Waals surface area contributed by atoms with Crippen molar-refractivity contribution in [1.29, 1.82) is 0 Å². The summed E-state index contributed by atoms with van der Waals surface area (Å²) < 4.78 is 0. The third-order valence-corrected chi connectivity index (χ3v) is 4.36. The first-order chi connectivity index (χ1) is 6.38. The summed E-state index contributed by atoms with van der Waals surface area (Å²) >= 11 is 3.91. The molecule has 0 radical (unpaired) electrons. The van der Waals surface area contributed by atoms with E-state index in [1.54, 1.807) is 0 Å². The van der Waals surface area contributed by atoms with Crippen molar-refractivity contribution in [2.75, 3.05) is 6.26 Å². The van der Waals surface area contributed by atoms with Crippen LogP contribution in [0.5, 0.6) is 0 Å². The molecule has 0 amide bonds. The van der Waals surface area contributed by atoms with Gasteiger partial charge in [0.05, 0.1) is 0 Å². The second-order valence-electron chi connectivity index (χ2n) is 3.36. The summed E-state index contributed by atoms with van der Waals surface area (Å²) in [6.45, 7) is 0. The van der Waals surface area contributed by atoms with Crippen LogP contribution in [-0.2, 0) is 5.75 Å². The van der Waals surface area contributed by atoms with E-state index in [2.05, 4.69) is 42.3 Å². The molecule has 1 aromatic carbocycles. The summed E-state index contributed by atoms with van der Waals surface area (Å²) in [5.74, 6) is 1.19. The van der Waals surface area contributed by atoms with Gasteiger partial charge in [0.15, 0.2) is 0 Å². The zero-order valence-corrected chi connectivity index (χ0v) is 9.46. The predicted molar refractivity (Wildman–Crippen MR) is 62.5 cm³/mol. The average molecular weight is 210 g/mol. The predicted octanol–water partition coefficient (Wildman–Crippen LogP) is 3.80. The van der Waals surface area contributed by atoms with E-state index in [1.807, 2.05) is 11.8 Å². The molecular weight excluding hydrogens is 196 g/mol. The Morgan fingerprint density at radius 3 is 2.46 bits per heavy atom. The molecule has 2 heteroatoms. The summed E-state index contributed by atoms with van der Waals surface area (Å²) in [6.07, 6.45) is 5.00. The van der Waals surface area contributed by atoms with Crippen molar-refractivity contribution in [3.63, 3.8) is 0 Å². The maximum absolute atomic E-state index is 2.25. The maximum atomic E-state index is 2.25. The van der Waals surface area contributed by atoms with E-state index in [-0.39, 0.29) is 0 Å². The van der Waals surface area contributed by atoms with Gasteiger partial charge in [0.2, 0.25) is 0 Å². The molecule has 0 aromatic heterocycles. The van der Waals surface area contributed by atoms with Crippen LogP contribution in [-0.4, -0.2) is 11.5 Å². The molecule has 1 aromatic rings. The lowest BCUT2D eigenvalue weighted by Crippen LogP contribution is -1.81. The van der Waals surface area contributed by atoms with E-state index < -0.39 is 0 Å². The van der Waals surface area contributed by atoms with Crippen LogP contribution in [0.3, 0.4) is 0 Å². The van der Waals surface area contributed by atoms with Crippen molar-refractivity contribution in [1.82, 2.24) is 0 Å². The first-order valence-corrected chi connectivity index (χ1v) is 6.90. The van der Waals surface area contributed by atoms with Crippen molar-refractivity contribution in [2.24, 2.45) is 0 Å². The minimum atomic E-state index is 0.972. The van der Waals surface area contributed by atoms with E-state index in [4.69, 9.17) is 0 Å². The van der Waals surface area contributed by atoms with Gasteiger partial charge in [-0.3, -0.25) is 0 Å². The van der Waals surface area contributed by atoms with Crippen molar-refractivity contribution >= 4 is 23.5 Å². The van der Waals surface area contributed by atoms with Crippen LogP contribution in [0.15, 0.2) is 29.2 Å². The Kier molecular flexibility index (Phi) is 3.23. The molecule has 0 N–H and O–H groups in total. The van der Waals surface area contributed by atoms with E-state index in [9.17, 15) is 0 Å². The van der Waals surface area contributed by atoms with Gasteiger partial charge >= 0.3 is 0 Å². The van der Waals surface area contributed by atoms with E-state index in [0.29, 0.717) is 0 Å². The van der Waals surface area contributed by atoms with Crippen LogP contribution < -0.4 is 0 Å². The van der Waals surface area contributed by atoms with Crippen molar-refractivity contribution in [2.45, 2.75) is 28.7 Å². The summed E-state index contributed by atoms with van der Waals surface area (Å²) in [5.41, 5.74) is 1.47. The molecule has 70 valence electrons. The molecule has 0 unspecified atom stereocenters. The highest BCUT2D eigenvalue weighted by Crippen LogP contribution is 2.36. The maximum Gasteiger partial charge on any atom is 0.0187 e. The molecule has 1 aliphatic rings. The van der Waals surface area contributed by atoms with Crippen molar-refractivity contribution in [3.8, 4) is 0 Å². The van der Waals surface area contributed by atoms with E-state index in [1.165, 1.54) is 29.1 Å². The minimum absolute atomic E-state index is 0.972. The number of rotatable bonds is 4. The topological polar surface area (TPSA) is 0 Å². The van der Waals surface area contributed by atoms with Crippen molar-refractivity contribution in [3.05, 3.63) is 29.8 Å². The van der Waals surface area contributed by atoms with Gasteiger partial charge in [-0.05, 0) is 36.8 Å². The van der Waals surface area contributed by atoms with E-state index in [0.717, 1.165) is 5.25 Å². The fraction of sp³-hybridized carbons (Fsp3) is 0.455. The molecule has 13 heavy (non-hydrogen) atoms. The zero-order valence-electron chi connectivity index (χ0n) is 7.82. The molecule has 0 atom stereocenters. The van der Waals surface area contributed by atoms with E-state index >= 15 is 0 Å². The Balaban J connectivity index is 1.88. The van der Waals surface area contributed by atoms with Crippen LogP contribution in [0.1, 0.15) is 18.4 Å². The molecule has 1 aliphatic carbocycles. The summed E-state index contributed by atoms with van der Waals surface area (Å²) in [4.78, 5) is 1.36. The van der Waals surface area contributed by atoms with Gasteiger partial charge in [-0.1, -0.05) is 12.1 Å². The fourth-order valence-corrected chi connectivity index (χ4v) is 2.67. The molecule has 0 nitrogen and oxygen atoms in total. The van der Waals surface area contributed by atoms with Crippen LogP contribution in [0, 0.1) is 0 Å². The molecule has 2 rings (SSSR count). The molecular formula is C11H14S2. The highest BCUT2D eigenvalue weighted by Gasteiger charge is 2.21. The third kappa shape index (κ3) is 2.96. The Labute approximate surface area is 88.5 Å². The lowest BCUT2D eigenvalue weighted by Gasteiger charge is -2.01. The molecule has 0 saturated heterocycles. The smallest absolute Gasteiger partial charge is 0.0187 e. The highest BCUT2D eigenvalue weighted by atomic mass is 32.2. The van der Waals surface area contributed by atoms with Crippen LogP contribution in [0.4, 0.5) is 0 Å².